The summed E-state index contributed by atoms with van der Waals surface area (Å²) >= 11 is 0. The third kappa shape index (κ3) is 5.18. The lowest BCUT2D eigenvalue weighted by molar-refractivity contribution is 0.100. The van der Waals surface area contributed by atoms with Crippen LogP contribution in [0.3, 0.4) is 0 Å². The first-order chi connectivity index (χ1) is 15.5. The molecule has 166 valence electrons. The quantitative estimate of drug-likeness (QED) is 0.454. The molecule has 1 amide bonds. The minimum absolute atomic E-state index is 0.185. The van der Waals surface area contributed by atoms with Crippen molar-refractivity contribution in [2.24, 2.45) is 5.73 Å². The summed E-state index contributed by atoms with van der Waals surface area (Å²) in [6.07, 6.45) is 2.91. The largest absolute Gasteiger partial charge is 0.393 e. The molecule has 1 aromatic heterocycles. The molecular formula is C25H29N5O2. The van der Waals surface area contributed by atoms with Crippen LogP contribution in [-0.4, -0.2) is 35.2 Å². The maximum absolute atomic E-state index is 11.9. The Hall–Kier alpha value is -3.58. The van der Waals surface area contributed by atoms with Crippen molar-refractivity contribution in [3.8, 4) is 0 Å². The van der Waals surface area contributed by atoms with Crippen LogP contribution in [0.25, 0.3) is 0 Å². The van der Waals surface area contributed by atoms with Crippen LogP contribution in [-0.2, 0) is 6.54 Å². The van der Waals surface area contributed by atoms with Crippen LogP contribution in [0.5, 0.6) is 0 Å². The van der Waals surface area contributed by atoms with Crippen molar-refractivity contribution in [3.05, 3.63) is 77.5 Å². The number of carbonyl (C=O) groups excluding carboxylic acids is 1. The Morgan fingerprint density at radius 1 is 1.16 bits per heavy atom. The van der Waals surface area contributed by atoms with Crippen LogP contribution < -0.4 is 21.3 Å². The number of aliphatic hydroxyl groups excluding tert-OH is 1. The van der Waals surface area contributed by atoms with Gasteiger partial charge in [-0.3, -0.25) is 4.79 Å². The van der Waals surface area contributed by atoms with Crippen LogP contribution in [0, 0.1) is 6.92 Å². The fourth-order valence-corrected chi connectivity index (χ4v) is 3.89. The molecular weight excluding hydrogens is 402 g/mol. The second-order valence-electron chi connectivity index (χ2n) is 8.15. The van der Waals surface area contributed by atoms with Crippen LogP contribution in [0.2, 0.25) is 0 Å². The number of hydrogen-bond acceptors (Lipinski definition) is 6. The number of amides is 1. The van der Waals surface area contributed by atoms with E-state index in [9.17, 15) is 9.90 Å². The van der Waals surface area contributed by atoms with Gasteiger partial charge in [0.1, 0.15) is 5.82 Å². The topological polar surface area (TPSA) is 104 Å². The summed E-state index contributed by atoms with van der Waals surface area (Å²) in [4.78, 5) is 18.5. The van der Waals surface area contributed by atoms with Crippen molar-refractivity contribution in [2.45, 2.75) is 32.4 Å². The Balaban J connectivity index is 1.47. The molecule has 0 atom stereocenters. The van der Waals surface area contributed by atoms with Gasteiger partial charge in [-0.05, 0) is 55.2 Å². The van der Waals surface area contributed by atoms with Gasteiger partial charge in [0.05, 0.1) is 17.4 Å². The predicted molar refractivity (Wildman–Crippen MR) is 128 cm³/mol. The zero-order valence-electron chi connectivity index (χ0n) is 18.2. The molecule has 2 heterocycles. The first-order valence-electron chi connectivity index (χ1n) is 10.9. The monoisotopic (exact) mass is 431 g/mol. The van der Waals surface area contributed by atoms with Crippen LogP contribution in [0.4, 0.5) is 22.9 Å². The molecule has 1 saturated heterocycles. The third-order valence-corrected chi connectivity index (χ3v) is 5.87. The Morgan fingerprint density at radius 3 is 2.56 bits per heavy atom. The van der Waals surface area contributed by atoms with Gasteiger partial charge in [-0.15, -0.1) is 0 Å². The maximum Gasteiger partial charge on any atom is 0.252 e. The van der Waals surface area contributed by atoms with E-state index in [0.717, 1.165) is 42.9 Å². The lowest BCUT2D eigenvalue weighted by Crippen LogP contribution is -2.35. The van der Waals surface area contributed by atoms with E-state index in [1.807, 2.05) is 24.3 Å². The van der Waals surface area contributed by atoms with Gasteiger partial charge in [-0.1, -0.05) is 24.3 Å². The third-order valence-electron chi connectivity index (χ3n) is 5.87. The van der Waals surface area contributed by atoms with Gasteiger partial charge < -0.3 is 26.4 Å². The van der Waals surface area contributed by atoms with E-state index in [2.05, 4.69) is 51.7 Å². The van der Waals surface area contributed by atoms with E-state index in [0.29, 0.717) is 23.6 Å². The molecule has 7 nitrogen and oxygen atoms in total. The van der Waals surface area contributed by atoms with Crippen molar-refractivity contribution in [1.82, 2.24) is 4.98 Å². The van der Waals surface area contributed by atoms with E-state index in [-0.39, 0.29) is 6.10 Å². The number of hydrogen-bond donors (Lipinski definition) is 4. The SMILES string of the molecule is Cc1ccccc1CNc1cc(Nc2ccc(N3CCC(O)CC3)cc2)ncc1C(N)=O. The molecule has 0 aliphatic carbocycles. The first-order valence-corrected chi connectivity index (χ1v) is 10.9. The molecule has 3 aromatic rings. The number of nitrogens with two attached hydrogens (primary N) is 1. The maximum atomic E-state index is 11.9. The Morgan fingerprint density at radius 2 is 1.88 bits per heavy atom. The molecule has 0 unspecified atom stereocenters. The highest BCUT2D eigenvalue weighted by Crippen LogP contribution is 2.25. The standard InChI is InChI=1S/C25H29N5O2/c1-17-4-2-3-5-18(17)15-27-23-14-24(28-16-22(23)25(26)32)29-19-6-8-20(9-7-19)30-12-10-21(31)11-13-30/h2-9,14,16,21,31H,10-13,15H2,1H3,(H2,26,32)(H2,27,28,29). The molecule has 7 heteroatoms. The molecule has 2 aromatic carbocycles. The number of nitrogens with zero attached hydrogens (tertiary/aromatic N) is 2. The molecule has 5 N–H and O–H groups in total. The van der Waals surface area contributed by atoms with Gasteiger partial charge in [-0.25, -0.2) is 4.98 Å². The number of nitrogens with one attached hydrogen (secondary N) is 2. The number of pyridine rings is 1. The molecule has 1 fully saturated rings. The highest BCUT2D eigenvalue weighted by Gasteiger charge is 2.17. The highest BCUT2D eigenvalue weighted by molar-refractivity contribution is 5.98. The summed E-state index contributed by atoms with van der Waals surface area (Å²) in [5.41, 5.74) is 10.9. The number of anilines is 4. The van der Waals surface area contributed by atoms with Gasteiger partial charge in [0.25, 0.3) is 5.91 Å². The summed E-state index contributed by atoms with van der Waals surface area (Å²) in [6, 6.07) is 18.0. The van der Waals surface area contributed by atoms with Gasteiger partial charge in [0.2, 0.25) is 0 Å². The summed E-state index contributed by atoms with van der Waals surface area (Å²) in [5, 5.41) is 16.3. The van der Waals surface area contributed by atoms with Gasteiger partial charge >= 0.3 is 0 Å². The number of rotatable bonds is 7. The molecule has 0 bridgehead atoms. The second kappa shape index (κ2) is 9.70. The van der Waals surface area contributed by atoms with Crippen LogP contribution >= 0.6 is 0 Å². The Bertz CT molecular complexity index is 1080. The lowest BCUT2D eigenvalue weighted by atomic mass is 10.1. The van der Waals surface area contributed by atoms with Gasteiger partial charge in [0.15, 0.2) is 0 Å². The molecule has 32 heavy (non-hydrogen) atoms. The zero-order chi connectivity index (χ0) is 22.5. The van der Waals surface area contributed by atoms with Crippen molar-refractivity contribution < 1.29 is 9.90 Å². The Kier molecular flexibility index (Phi) is 6.56. The Labute approximate surface area is 188 Å². The van der Waals surface area contributed by atoms with Crippen molar-refractivity contribution >= 4 is 28.8 Å². The fraction of sp³-hybridized carbons (Fsp3) is 0.280. The number of carbonyl (C=O) groups is 1. The molecule has 1 aliphatic rings. The minimum atomic E-state index is -0.521. The molecule has 1 aliphatic heterocycles. The fourth-order valence-electron chi connectivity index (χ4n) is 3.89. The zero-order valence-corrected chi connectivity index (χ0v) is 18.2. The smallest absolute Gasteiger partial charge is 0.252 e. The van der Waals surface area contributed by atoms with Gasteiger partial charge in [-0.2, -0.15) is 0 Å². The number of piperidine rings is 1. The van der Waals surface area contributed by atoms with E-state index < -0.39 is 5.91 Å². The number of aliphatic hydroxyl groups is 1. The van der Waals surface area contributed by atoms with E-state index in [1.165, 1.54) is 11.8 Å². The van der Waals surface area contributed by atoms with E-state index in [1.54, 1.807) is 6.07 Å². The average Bonchev–Trinajstić information content (AvgIpc) is 2.79. The number of aromatic nitrogens is 1. The number of benzene rings is 2. The summed E-state index contributed by atoms with van der Waals surface area (Å²) < 4.78 is 0. The van der Waals surface area contributed by atoms with E-state index in [4.69, 9.17) is 5.73 Å². The summed E-state index contributed by atoms with van der Waals surface area (Å²) in [6.45, 7) is 4.36. The molecule has 0 spiro atoms. The van der Waals surface area contributed by atoms with Crippen molar-refractivity contribution in [1.29, 1.82) is 0 Å². The molecule has 4 rings (SSSR count). The lowest BCUT2D eigenvalue weighted by Gasteiger charge is -2.31. The molecule has 0 radical (unpaired) electrons. The second-order valence-corrected chi connectivity index (χ2v) is 8.15. The van der Waals surface area contributed by atoms with E-state index >= 15 is 0 Å². The van der Waals surface area contributed by atoms with Gasteiger partial charge in [0, 0.05) is 43.3 Å². The van der Waals surface area contributed by atoms with Crippen molar-refractivity contribution in [3.63, 3.8) is 0 Å². The highest BCUT2D eigenvalue weighted by atomic mass is 16.3. The van der Waals surface area contributed by atoms with Crippen LogP contribution in [0.1, 0.15) is 34.3 Å². The minimum Gasteiger partial charge on any atom is -0.393 e. The number of aryl methyl sites for hydroxylation is 1. The average molecular weight is 432 g/mol. The first kappa shape index (κ1) is 21.6. The number of primary amides is 1. The predicted octanol–water partition coefficient (Wildman–Crippen LogP) is 3.81. The molecule has 0 saturated carbocycles. The summed E-state index contributed by atoms with van der Waals surface area (Å²) in [5.74, 6) is 0.100. The normalized spacial score (nSPS) is 14.2. The van der Waals surface area contributed by atoms with Crippen LogP contribution in [0.15, 0.2) is 60.8 Å². The van der Waals surface area contributed by atoms with Crippen molar-refractivity contribution in [2.75, 3.05) is 28.6 Å². The summed E-state index contributed by atoms with van der Waals surface area (Å²) in [7, 11) is 0.